The summed E-state index contributed by atoms with van der Waals surface area (Å²) in [7, 11) is 1.97. The van der Waals surface area contributed by atoms with Crippen molar-refractivity contribution in [3.63, 3.8) is 0 Å². The van der Waals surface area contributed by atoms with Crippen LogP contribution in [0, 0.1) is 11.3 Å². The number of amides is 1. The molecule has 45 heavy (non-hydrogen) atoms. The zero-order valence-electron chi connectivity index (χ0n) is 25.6. The fraction of sp³-hybridized carbons (Fsp3) is 0.364. The number of para-hydroxylation sites is 1. The number of hydrogen-bond donors (Lipinski definition) is 1. The summed E-state index contributed by atoms with van der Waals surface area (Å²) in [4.78, 5) is 40.2. The van der Waals surface area contributed by atoms with Gasteiger partial charge in [-0.15, -0.1) is 0 Å². The zero-order chi connectivity index (χ0) is 31.7. The minimum atomic E-state index is -0.537. The quantitative estimate of drug-likeness (QED) is 0.223. The van der Waals surface area contributed by atoms with Gasteiger partial charge in [0, 0.05) is 18.6 Å². The molecule has 12 nitrogen and oxygen atoms in total. The molecule has 0 saturated carbocycles. The molecular formula is C33H36N8O4. The lowest BCUT2D eigenvalue weighted by atomic mass is 9.96. The molecule has 0 bridgehead atoms. The maximum atomic E-state index is 14.0. The van der Waals surface area contributed by atoms with Crippen molar-refractivity contribution in [1.29, 1.82) is 5.26 Å². The van der Waals surface area contributed by atoms with E-state index >= 15 is 0 Å². The largest absolute Gasteiger partial charge is 0.457 e. The van der Waals surface area contributed by atoms with Crippen LogP contribution < -0.4 is 16.2 Å². The van der Waals surface area contributed by atoms with Crippen LogP contribution in [0.4, 0.5) is 5.82 Å². The number of imidazole rings is 1. The lowest BCUT2D eigenvalue weighted by Gasteiger charge is -2.43. The summed E-state index contributed by atoms with van der Waals surface area (Å²) in [5.74, 6) is 1.14. The molecule has 1 atom stereocenters. The molecule has 0 radical (unpaired) electrons. The van der Waals surface area contributed by atoms with E-state index in [1.165, 1.54) is 10.9 Å². The number of anilines is 1. The van der Waals surface area contributed by atoms with Crippen molar-refractivity contribution in [3.8, 4) is 23.3 Å². The summed E-state index contributed by atoms with van der Waals surface area (Å²) in [6.45, 7) is 5.90. The number of carbonyl (C=O) groups is 1. The number of likely N-dealkylation sites (tertiary alicyclic amines) is 1. The monoisotopic (exact) mass is 608 g/mol. The van der Waals surface area contributed by atoms with Gasteiger partial charge in [-0.05, 0) is 76.2 Å². The van der Waals surface area contributed by atoms with Crippen LogP contribution in [-0.2, 0) is 16.1 Å². The Morgan fingerprint density at radius 3 is 2.53 bits per heavy atom. The Labute approximate surface area is 260 Å². The molecule has 2 aromatic carbocycles. The molecule has 2 aliphatic rings. The fourth-order valence-corrected chi connectivity index (χ4v) is 5.97. The highest BCUT2D eigenvalue weighted by Crippen LogP contribution is 2.28. The van der Waals surface area contributed by atoms with E-state index in [0.717, 1.165) is 6.42 Å². The molecule has 12 heteroatoms. The molecule has 232 valence electrons. The highest BCUT2D eigenvalue weighted by molar-refractivity contribution is 5.97. The van der Waals surface area contributed by atoms with Crippen molar-refractivity contribution in [1.82, 2.24) is 28.9 Å². The fourth-order valence-electron chi connectivity index (χ4n) is 5.97. The number of rotatable bonds is 9. The van der Waals surface area contributed by atoms with Crippen LogP contribution in [0.1, 0.15) is 26.7 Å². The van der Waals surface area contributed by atoms with Gasteiger partial charge >= 0.3 is 5.69 Å². The number of aromatic nitrogens is 4. The minimum absolute atomic E-state index is 0.0816. The average molecular weight is 609 g/mol. The third kappa shape index (κ3) is 5.80. The minimum Gasteiger partial charge on any atom is -0.457 e. The van der Waals surface area contributed by atoms with Gasteiger partial charge in [0.2, 0.25) is 0 Å². The number of carbonyl (C=O) groups excluding carboxylic acids is 1. The van der Waals surface area contributed by atoms with E-state index in [-0.39, 0.29) is 41.6 Å². The number of nitriles is 1. The van der Waals surface area contributed by atoms with Gasteiger partial charge in [0.1, 0.15) is 35.0 Å². The van der Waals surface area contributed by atoms with Gasteiger partial charge in [-0.25, -0.2) is 14.8 Å². The van der Waals surface area contributed by atoms with Crippen LogP contribution >= 0.6 is 0 Å². The normalized spacial score (nSPS) is 17.4. The number of hydrogen-bond acceptors (Lipinski definition) is 9. The van der Waals surface area contributed by atoms with Gasteiger partial charge in [0.05, 0.1) is 31.0 Å². The van der Waals surface area contributed by atoms with E-state index in [4.69, 9.17) is 15.2 Å². The number of likely N-dealkylation sites (N-methyl/N-ethyl adjacent to an activating group) is 1. The van der Waals surface area contributed by atoms with E-state index < -0.39 is 5.54 Å². The Morgan fingerprint density at radius 2 is 1.87 bits per heavy atom. The molecule has 2 aromatic heterocycles. The molecule has 2 saturated heterocycles. The number of nitrogens with two attached hydrogens (primary N) is 1. The predicted octanol–water partition coefficient (Wildman–Crippen LogP) is 3.51. The lowest BCUT2D eigenvalue weighted by molar-refractivity contribution is -0.127. The van der Waals surface area contributed by atoms with Crippen LogP contribution in [0.5, 0.6) is 11.5 Å². The second-order valence-corrected chi connectivity index (χ2v) is 12.0. The highest BCUT2D eigenvalue weighted by atomic mass is 16.5. The van der Waals surface area contributed by atoms with Crippen LogP contribution in [0.2, 0.25) is 0 Å². The Morgan fingerprint density at radius 1 is 1.16 bits per heavy atom. The second kappa shape index (κ2) is 12.2. The smallest absolute Gasteiger partial charge is 0.335 e. The van der Waals surface area contributed by atoms with E-state index in [0.29, 0.717) is 54.5 Å². The van der Waals surface area contributed by atoms with E-state index in [1.54, 1.807) is 39.8 Å². The molecule has 0 aliphatic carbocycles. The third-order valence-corrected chi connectivity index (χ3v) is 8.76. The van der Waals surface area contributed by atoms with Crippen LogP contribution in [0.25, 0.3) is 16.9 Å². The topological polar surface area (TPSA) is 145 Å². The first-order valence-corrected chi connectivity index (χ1v) is 15.0. The van der Waals surface area contributed by atoms with E-state index in [2.05, 4.69) is 20.9 Å². The molecule has 1 amide bonds. The SMILES string of the molecule is CN(C1COC1)C(C)(C)C=C(C#N)C(=O)N1CCCC1Cn1c(=O)n(-c2ccc(Oc3ccccc3)cc2)c2c(N)ncnc21. The molecule has 2 N–H and O–H groups in total. The Balaban J connectivity index is 1.29. The molecule has 1 unspecified atom stereocenters. The van der Waals surface area contributed by atoms with Gasteiger partial charge in [0.15, 0.2) is 11.5 Å². The maximum absolute atomic E-state index is 14.0. The second-order valence-electron chi connectivity index (χ2n) is 12.0. The first-order valence-electron chi connectivity index (χ1n) is 15.0. The standard InChI is InChI=1S/C33H36N8O4/c1-33(2,38(3)25-19-44-20-25)16-22(17-34)31(42)39-15-7-8-24(39)18-40-30-28(29(35)36-21-37-30)41(32(40)43)23-11-13-27(14-12-23)45-26-9-5-4-6-10-26/h4-6,9-14,16,21,24-25H,7-8,15,18-20H2,1-3H3,(H2,35,36,37). The van der Waals surface area contributed by atoms with E-state index in [9.17, 15) is 14.9 Å². The molecule has 2 aliphatic heterocycles. The van der Waals surface area contributed by atoms with Crippen molar-refractivity contribution in [2.24, 2.45) is 0 Å². The zero-order valence-corrected chi connectivity index (χ0v) is 25.6. The summed E-state index contributed by atoms with van der Waals surface area (Å²) in [6.07, 6.45) is 4.50. The Bertz CT molecular complexity index is 1830. The van der Waals surface area contributed by atoms with Crippen molar-refractivity contribution >= 4 is 22.9 Å². The first-order chi connectivity index (χ1) is 21.7. The van der Waals surface area contributed by atoms with Gasteiger partial charge < -0.3 is 20.1 Å². The van der Waals surface area contributed by atoms with Crippen molar-refractivity contribution in [2.45, 2.75) is 50.9 Å². The molecule has 6 rings (SSSR count). The molecule has 4 aromatic rings. The van der Waals surface area contributed by atoms with Crippen LogP contribution in [0.3, 0.4) is 0 Å². The van der Waals surface area contributed by atoms with Gasteiger partial charge in [0.25, 0.3) is 5.91 Å². The summed E-state index contributed by atoms with van der Waals surface area (Å²) >= 11 is 0. The summed E-state index contributed by atoms with van der Waals surface area (Å²) < 4.78 is 14.3. The highest BCUT2D eigenvalue weighted by Gasteiger charge is 2.36. The van der Waals surface area contributed by atoms with Gasteiger partial charge in [-0.1, -0.05) is 18.2 Å². The maximum Gasteiger partial charge on any atom is 0.335 e. The number of fused-ring (bicyclic) bond motifs is 1. The molecule has 0 spiro atoms. The number of nitrogen functional groups attached to an aromatic ring is 1. The van der Waals surface area contributed by atoms with Crippen molar-refractivity contribution < 1.29 is 14.3 Å². The Hall–Kier alpha value is -4.99. The van der Waals surface area contributed by atoms with Gasteiger partial charge in [-0.3, -0.25) is 18.8 Å². The lowest BCUT2D eigenvalue weighted by Crippen LogP contribution is -2.55. The number of nitrogens with zero attached hydrogens (tertiary/aromatic N) is 7. The molecule has 4 heterocycles. The van der Waals surface area contributed by atoms with Crippen LogP contribution in [0.15, 0.2) is 77.4 Å². The van der Waals surface area contributed by atoms with Crippen molar-refractivity contribution in [3.05, 3.63) is 83.1 Å². The molecular weight excluding hydrogens is 572 g/mol. The van der Waals surface area contributed by atoms with E-state index in [1.807, 2.05) is 51.2 Å². The predicted molar refractivity (Wildman–Crippen MR) is 169 cm³/mol. The summed E-state index contributed by atoms with van der Waals surface area (Å²) in [6, 6.07) is 18.6. The Kier molecular flexibility index (Phi) is 8.14. The third-order valence-electron chi connectivity index (χ3n) is 8.76. The molecule has 2 fully saturated rings. The van der Waals surface area contributed by atoms with Crippen molar-refractivity contribution in [2.75, 3.05) is 32.5 Å². The average Bonchev–Trinajstić information content (AvgIpc) is 3.59. The van der Waals surface area contributed by atoms with Gasteiger partial charge in [-0.2, -0.15) is 5.26 Å². The summed E-state index contributed by atoms with van der Waals surface area (Å²) in [5.41, 5.74) is 6.82. The number of benzene rings is 2. The number of ether oxygens (including phenoxy) is 2. The summed E-state index contributed by atoms with van der Waals surface area (Å²) in [5, 5.41) is 10.0. The van der Waals surface area contributed by atoms with Crippen LogP contribution in [-0.4, -0.2) is 79.2 Å². The first kappa shape index (κ1) is 30.1.